The summed E-state index contributed by atoms with van der Waals surface area (Å²) in [6, 6.07) is 8.83. The molecule has 2 heteroatoms. The summed E-state index contributed by atoms with van der Waals surface area (Å²) in [5.41, 5.74) is 1.30. The molecule has 0 bridgehead atoms. The van der Waals surface area contributed by atoms with Crippen LogP contribution < -0.4 is 10.1 Å². The summed E-state index contributed by atoms with van der Waals surface area (Å²) in [6.07, 6.45) is 5.00. The molecule has 1 unspecified atom stereocenters. The summed E-state index contributed by atoms with van der Waals surface area (Å²) < 4.78 is 5.79. The molecular formula is C17H29NO. The van der Waals surface area contributed by atoms with Crippen molar-refractivity contribution in [2.75, 3.05) is 13.7 Å². The van der Waals surface area contributed by atoms with E-state index in [9.17, 15) is 0 Å². The maximum absolute atomic E-state index is 5.79. The number of ether oxygens (including phenoxy) is 1. The van der Waals surface area contributed by atoms with Gasteiger partial charge >= 0.3 is 0 Å². The average Bonchev–Trinajstić information content (AvgIpc) is 2.42. The predicted octanol–water partition coefficient (Wildman–Crippen LogP) is 4.56. The van der Waals surface area contributed by atoms with E-state index in [2.05, 4.69) is 50.5 Å². The van der Waals surface area contributed by atoms with Crippen LogP contribution in [0.15, 0.2) is 24.3 Å². The zero-order valence-electron chi connectivity index (χ0n) is 12.9. The number of nitrogens with one attached hydrogen (secondary N) is 1. The Balaban J connectivity index is 2.99. The van der Waals surface area contributed by atoms with Crippen LogP contribution in [0.4, 0.5) is 0 Å². The molecule has 0 aliphatic carbocycles. The minimum atomic E-state index is 0.391. The average molecular weight is 263 g/mol. The molecule has 1 aromatic rings. The molecule has 19 heavy (non-hydrogen) atoms. The Bertz CT molecular complexity index is 345. The zero-order valence-corrected chi connectivity index (χ0v) is 12.9. The van der Waals surface area contributed by atoms with Crippen LogP contribution in [-0.2, 0) is 0 Å². The minimum Gasteiger partial charge on any atom is -0.494 e. The fourth-order valence-electron chi connectivity index (χ4n) is 2.89. The Kier molecular flexibility index (Phi) is 7.57. The van der Waals surface area contributed by atoms with Crippen LogP contribution in [0, 0.1) is 5.92 Å². The molecule has 1 atom stereocenters. The highest BCUT2D eigenvalue weighted by atomic mass is 16.5. The van der Waals surface area contributed by atoms with Gasteiger partial charge in [0.1, 0.15) is 5.75 Å². The molecule has 0 saturated carbocycles. The second-order valence-electron chi connectivity index (χ2n) is 5.07. The molecule has 0 amide bonds. The van der Waals surface area contributed by atoms with E-state index in [1.165, 1.54) is 31.2 Å². The van der Waals surface area contributed by atoms with Gasteiger partial charge in [-0.05, 0) is 38.8 Å². The lowest BCUT2D eigenvalue weighted by atomic mass is 9.86. The maximum Gasteiger partial charge on any atom is 0.124 e. The normalized spacial score (nSPS) is 12.7. The van der Waals surface area contributed by atoms with Gasteiger partial charge in [0.2, 0.25) is 0 Å². The molecule has 108 valence electrons. The minimum absolute atomic E-state index is 0.391. The zero-order chi connectivity index (χ0) is 14.1. The van der Waals surface area contributed by atoms with Crippen molar-refractivity contribution in [3.05, 3.63) is 29.8 Å². The van der Waals surface area contributed by atoms with Crippen LogP contribution >= 0.6 is 0 Å². The lowest BCUT2D eigenvalue weighted by molar-refractivity contribution is 0.301. The van der Waals surface area contributed by atoms with E-state index in [1.54, 1.807) is 0 Å². The van der Waals surface area contributed by atoms with Gasteiger partial charge in [-0.15, -0.1) is 0 Å². The monoisotopic (exact) mass is 263 g/mol. The van der Waals surface area contributed by atoms with Gasteiger partial charge in [0, 0.05) is 11.6 Å². The van der Waals surface area contributed by atoms with Gasteiger partial charge in [-0.25, -0.2) is 0 Å². The molecule has 0 aliphatic heterocycles. The number of benzene rings is 1. The Morgan fingerprint density at radius 1 is 1.05 bits per heavy atom. The molecule has 0 aliphatic rings. The predicted molar refractivity (Wildman–Crippen MR) is 82.7 cm³/mol. The summed E-state index contributed by atoms with van der Waals surface area (Å²) in [6.45, 7) is 7.30. The number of para-hydroxylation sites is 1. The lowest BCUT2D eigenvalue weighted by Crippen LogP contribution is -2.26. The molecule has 0 fully saturated rings. The second kappa shape index (κ2) is 8.98. The van der Waals surface area contributed by atoms with Crippen molar-refractivity contribution < 1.29 is 4.74 Å². The lowest BCUT2D eigenvalue weighted by Gasteiger charge is -2.28. The van der Waals surface area contributed by atoms with Gasteiger partial charge in [-0.1, -0.05) is 44.9 Å². The highest BCUT2D eigenvalue weighted by Gasteiger charge is 2.23. The van der Waals surface area contributed by atoms with Gasteiger partial charge in [0.15, 0.2) is 0 Å². The number of rotatable bonds is 9. The van der Waals surface area contributed by atoms with E-state index in [0.717, 1.165) is 12.4 Å². The van der Waals surface area contributed by atoms with Crippen molar-refractivity contribution in [2.45, 2.75) is 52.5 Å². The summed E-state index contributed by atoms with van der Waals surface area (Å²) in [7, 11) is 2.06. The van der Waals surface area contributed by atoms with E-state index < -0.39 is 0 Å². The van der Waals surface area contributed by atoms with Crippen molar-refractivity contribution in [1.29, 1.82) is 0 Å². The standard InChI is InChI=1S/C17H29NO/c1-5-10-14(11-6-2)17(18-4)15-12-8-9-13-16(15)19-7-3/h8-9,12-14,17-18H,5-7,10-11H2,1-4H3. The van der Waals surface area contributed by atoms with E-state index in [4.69, 9.17) is 4.74 Å². The van der Waals surface area contributed by atoms with Crippen molar-refractivity contribution >= 4 is 0 Å². The maximum atomic E-state index is 5.79. The highest BCUT2D eigenvalue weighted by Crippen LogP contribution is 2.34. The van der Waals surface area contributed by atoms with Gasteiger partial charge in [-0.2, -0.15) is 0 Å². The Morgan fingerprint density at radius 3 is 2.21 bits per heavy atom. The second-order valence-corrected chi connectivity index (χ2v) is 5.07. The van der Waals surface area contributed by atoms with Crippen LogP contribution in [0.25, 0.3) is 0 Å². The van der Waals surface area contributed by atoms with Crippen LogP contribution in [0.1, 0.15) is 58.1 Å². The molecule has 1 rings (SSSR count). The molecule has 1 aromatic carbocycles. The van der Waals surface area contributed by atoms with Crippen molar-refractivity contribution in [2.24, 2.45) is 5.92 Å². The quantitative estimate of drug-likeness (QED) is 0.705. The molecule has 0 heterocycles. The molecule has 1 N–H and O–H groups in total. The fraction of sp³-hybridized carbons (Fsp3) is 0.647. The smallest absolute Gasteiger partial charge is 0.124 e. The van der Waals surface area contributed by atoms with E-state index in [-0.39, 0.29) is 0 Å². The van der Waals surface area contributed by atoms with Gasteiger partial charge in [0.05, 0.1) is 6.61 Å². The summed E-state index contributed by atoms with van der Waals surface area (Å²) in [4.78, 5) is 0. The van der Waals surface area contributed by atoms with E-state index in [0.29, 0.717) is 12.0 Å². The van der Waals surface area contributed by atoms with E-state index in [1.807, 2.05) is 6.92 Å². The number of hydrogen-bond donors (Lipinski definition) is 1. The first-order valence-electron chi connectivity index (χ1n) is 7.67. The van der Waals surface area contributed by atoms with Crippen molar-refractivity contribution in [3.63, 3.8) is 0 Å². The van der Waals surface area contributed by atoms with Gasteiger partial charge in [-0.3, -0.25) is 0 Å². The summed E-state index contributed by atoms with van der Waals surface area (Å²) in [5, 5.41) is 3.51. The van der Waals surface area contributed by atoms with Crippen molar-refractivity contribution in [3.8, 4) is 5.75 Å². The SMILES string of the molecule is CCCC(CCC)C(NC)c1ccccc1OCC. The Morgan fingerprint density at radius 2 is 1.68 bits per heavy atom. The molecule has 0 radical (unpaired) electrons. The highest BCUT2D eigenvalue weighted by molar-refractivity contribution is 5.36. The Hall–Kier alpha value is -1.02. The third-order valence-corrected chi connectivity index (χ3v) is 3.66. The van der Waals surface area contributed by atoms with Gasteiger partial charge < -0.3 is 10.1 Å². The van der Waals surface area contributed by atoms with Gasteiger partial charge in [0.25, 0.3) is 0 Å². The Labute approximate surface area is 118 Å². The third kappa shape index (κ3) is 4.54. The topological polar surface area (TPSA) is 21.3 Å². The molecule has 2 nitrogen and oxygen atoms in total. The van der Waals surface area contributed by atoms with Crippen LogP contribution in [-0.4, -0.2) is 13.7 Å². The first-order chi connectivity index (χ1) is 9.28. The van der Waals surface area contributed by atoms with Crippen molar-refractivity contribution in [1.82, 2.24) is 5.32 Å². The molecule has 0 aromatic heterocycles. The first-order valence-corrected chi connectivity index (χ1v) is 7.67. The number of hydrogen-bond acceptors (Lipinski definition) is 2. The summed E-state index contributed by atoms with van der Waals surface area (Å²) in [5.74, 6) is 1.71. The fourth-order valence-corrected chi connectivity index (χ4v) is 2.89. The van der Waals surface area contributed by atoms with E-state index >= 15 is 0 Å². The van der Waals surface area contributed by atoms with Crippen LogP contribution in [0.5, 0.6) is 5.75 Å². The summed E-state index contributed by atoms with van der Waals surface area (Å²) >= 11 is 0. The van der Waals surface area contributed by atoms with Crippen LogP contribution in [0.3, 0.4) is 0 Å². The molecular weight excluding hydrogens is 234 g/mol. The van der Waals surface area contributed by atoms with Crippen LogP contribution in [0.2, 0.25) is 0 Å². The largest absolute Gasteiger partial charge is 0.494 e. The first kappa shape index (κ1) is 16.0. The molecule has 0 saturated heterocycles. The molecule has 0 spiro atoms. The third-order valence-electron chi connectivity index (χ3n) is 3.66.